The first-order valence-electron chi connectivity index (χ1n) is 11.6. The van der Waals surface area contributed by atoms with Crippen LogP contribution in [0.25, 0.3) is 0 Å². The highest BCUT2D eigenvalue weighted by Crippen LogP contribution is 2.29. The average Bonchev–Trinajstić information content (AvgIpc) is 2.86. The molecular weight excluding hydrogens is 455 g/mol. The van der Waals surface area contributed by atoms with Crippen LogP contribution < -0.4 is 21.7 Å². The fourth-order valence-electron chi connectivity index (χ4n) is 4.37. The minimum atomic E-state index is -1.12. The summed E-state index contributed by atoms with van der Waals surface area (Å²) in [6, 6.07) is 10.3. The fourth-order valence-corrected chi connectivity index (χ4v) is 4.37. The smallest absolute Gasteiger partial charge is 0.242 e. The first-order chi connectivity index (χ1) is 16.9. The number of halogens is 3. The van der Waals surface area contributed by atoms with Crippen molar-refractivity contribution in [2.75, 3.05) is 25.0 Å². The van der Waals surface area contributed by atoms with Crippen LogP contribution in [0.3, 0.4) is 0 Å². The zero-order chi connectivity index (χ0) is 24.8. The molecule has 1 amide bonds. The summed E-state index contributed by atoms with van der Waals surface area (Å²) in [6.45, 7) is 2.52. The molecule has 5 N–H and O–H groups in total. The number of anilines is 1. The van der Waals surface area contributed by atoms with E-state index in [0.717, 1.165) is 25.8 Å². The Kier molecular flexibility index (Phi) is 8.12. The largest absolute Gasteiger partial charge is 0.323 e. The quantitative estimate of drug-likeness (QED) is 0.395. The molecule has 4 rings (SSSR count). The first-order valence-corrected chi connectivity index (χ1v) is 11.6. The second kappa shape index (κ2) is 11.4. The van der Waals surface area contributed by atoms with Crippen LogP contribution in [0.4, 0.5) is 18.9 Å². The van der Waals surface area contributed by atoms with E-state index in [1.54, 1.807) is 0 Å². The van der Waals surface area contributed by atoms with Crippen LogP contribution in [0.5, 0.6) is 0 Å². The monoisotopic (exact) mass is 483 g/mol. The number of carbonyl (C=O) groups excluding carboxylic acids is 1. The number of nitrogens with one attached hydrogen (secondary N) is 3. The molecule has 1 aliphatic rings. The summed E-state index contributed by atoms with van der Waals surface area (Å²) >= 11 is 0. The molecular formula is C26H28F3N5O. The summed E-state index contributed by atoms with van der Waals surface area (Å²) in [4.78, 5) is 17.1. The van der Waals surface area contributed by atoms with Gasteiger partial charge in [0, 0.05) is 37.2 Å². The normalized spacial score (nSPS) is 16.8. The van der Waals surface area contributed by atoms with Crippen LogP contribution in [-0.4, -0.2) is 42.6 Å². The van der Waals surface area contributed by atoms with Gasteiger partial charge < -0.3 is 21.7 Å². The van der Waals surface area contributed by atoms with E-state index in [9.17, 15) is 18.0 Å². The number of hydrogen-bond donors (Lipinski definition) is 4. The average molecular weight is 484 g/mol. The molecule has 0 spiro atoms. The number of hydrogen-bond acceptors (Lipinski definition) is 5. The van der Waals surface area contributed by atoms with Crippen LogP contribution in [0.2, 0.25) is 0 Å². The highest BCUT2D eigenvalue weighted by atomic mass is 19.1. The van der Waals surface area contributed by atoms with Crippen molar-refractivity contribution < 1.29 is 18.0 Å². The molecule has 6 nitrogen and oxygen atoms in total. The lowest BCUT2D eigenvalue weighted by molar-refractivity contribution is -0.117. The van der Waals surface area contributed by atoms with Crippen molar-refractivity contribution in [1.29, 1.82) is 0 Å². The van der Waals surface area contributed by atoms with E-state index in [2.05, 4.69) is 20.9 Å². The van der Waals surface area contributed by atoms with Gasteiger partial charge in [-0.3, -0.25) is 9.78 Å². The van der Waals surface area contributed by atoms with Gasteiger partial charge in [0.05, 0.1) is 24.1 Å². The maximum atomic E-state index is 14.7. The maximum Gasteiger partial charge on any atom is 0.242 e. The molecule has 1 aromatic heterocycles. The molecule has 0 bridgehead atoms. The Morgan fingerprint density at radius 3 is 2.20 bits per heavy atom. The summed E-state index contributed by atoms with van der Waals surface area (Å²) in [7, 11) is 0. The number of nitrogens with two attached hydrogens (primary N) is 1. The van der Waals surface area contributed by atoms with Gasteiger partial charge in [-0.25, -0.2) is 13.2 Å². The van der Waals surface area contributed by atoms with E-state index in [1.807, 2.05) is 0 Å². The number of amides is 1. The zero-order valence-electron chi connectivity index (χ0n) is 19.1. The Balaban J connectivity index is 1.56. The molecule has 2 atom stereocenters. The van der Waals surface area contributed by atoms with E-state index in [0.29, 0.717) is 29.5 Å². The lowest BCUT2D eigenvalue weighted by Crippen LogP contribution is -2.48. The predicted molar refractivity (Wildman–Crippen MR) is 128 cm³/mol. The third-order valence-electron chi connectivity index (χ3n) is 6.25. The van der Waals surface area contributed by atoms with Crippen molar-refractivity contribution in [3.8, 4) is 0 Å². The van der Waals surface area contributed by atoms with Gasteiger partial charge >= 0.3 is 0 Å². The highest BCUT2D eigenvalue weighted by molar-refractivity contribution is 5.96. The summed E-state index contributed by atoms with van der Waals surface area (Å²) in [6.07, 6.45) is 3.60. The molecule has 2 heterocycles. The van der Waals surface area contributed by atoms with E-state index in [-0.39, 0.29) is 11.7 Å². The minimum absolute atomic E-state index is 0.198. The number of piperazine rings is 1. The molecule has 9 heteroatoms. The molecule has 0 aliphatic carbocycles. The molecule has 35 heavy (non-hydrogen) atoms. The van der Waals surface area contributed by atoms with Gasteiger partial charge in [0.25, 0.3) is 0 Å². The van der Waals surface area contributed by atoms with Gasteiger partial charge in [-0.15, -0.1) is 0 Å². The number of nitrogens with zero attached hydrogens (tertiary/aromatic N) is 1. The Morgan fingerprint density at radius 2 is 1.63 bits per heavy atom. The number of pyridine rings is 1. The molecule has 1 aliphatic heterocycles. The van der Waals surface area contributed by atoms with Crippen molar-refractivity contribution in [1.82, 2.24) is 15.6 Å². The standard InChI is InChI=1S/C26H28F3N5O/c27-18-5-1-16(2-6-18)24(17-3-7-19(28)8-4-17)25(30)26(35)34-23-15-32-14-22(29)21(23)10-9-20-13-31-11-12-33-20/h1-8,14-15,20,24-25,31,33H,9-13,30H2,(H,34,35)/t20?,25-/m0/s1. The van der Waals surface area contributed by atoms with Crippen molar-refractivity contribution in [2.24, 2.45) is 5.73 Å². The van der Waals surface area contributed by atoms with Crippen molar-refractivity contribution in [3.05, 3.63) is 95.1 Å². The Labute approximate surface area is 202 Å². The Hall–Kier alpha value is -3.27. The third kappa shape index (κ3) is 6.25. The minimum Gasteiger partial charge on any atom is -0.323 e. The Bertz CT molecular complexity index is 1090. The molecule has 184 valence electrons. The molecule has 1 fully saturated rings. The lowest BCUT2D eigenvalue weighted by Gasteiger charge is -2.26. The number of benzene rings is 2. The third-order valence-corrected chi connectivity index (χ3v) is 6.25. The van der Waals surface area contributed by atoms with Crippen LogP contribution in [0.1, 0.15) is 29.0 Å². The first kappa shape index (κ1) is 24.8. The highest BCUT2D eigenvalue weighted by Gasteiger charge is 2.29. The van der Waals surface area contributed by atoms with E-state index >= 15 is 0 Å². The maximum absolute atomic E-state index is 14.7. The van der Waals surface area contributed by atoms with Crippen molar-refractivity contribution in [3.63, 3.8) is 0 Å². The SMILES string of the molecule is N[C@H](C(=O)Nc1cncc(F)c1CCC1CNCCN1)C(c1ccc(F)cc1)c1ccc(F)cc1. The Morgan fingerprint density at radius 1 is 1.00 bits per heavy atom. The molecule has 2 aromatic carbocycles. The summed E-state index contributed by atoms with van der Waals surface area (Å²) in [5.74, 6) is -2.60. The van der Waals surface area contributed by atoms with Crippen LogP contribution in [0.15, 0.2) is 60.9 Å². The van der Waals surface area contributed by atoms with Gasteiger partial charge in [-0.2, -0.15) is 0 Å². The second-order valence-corrected chi connectivity index (χ2v) is 8.64. The summed E-state index contributed by atoms with van der Waals surface area (Å²) < 4.78 is 41.7. The molecule has 1 saturated heterocycles. The summed E-state index contributed by atoms with van der Waals surface area (Å²) in [5, 5.41) is 9.41. The van der Waals surface area contributed by atoms with Gasteiger partial charge in [-0.1, -0.05) is 24.3 Å². The van der Waals surface area contributed by atoms with Crippen LogP contribution in [0, 0.1) is 17.5 Å². The summed E-state index contributed by atoms with van der Waals surface area (Å²) in [5.41, 5.74) is 8.19. The topological polar surface area (TPSA) is 92.1 Å². The number of rotatable bonds is 8. The van der Waals surface area contributed by atoms with Gasteiger partial charge in [-0.05, 0) is 48.2 Å². The van der Waals surface area contributed by atoms with Crippen molar-refractivity contribution >= 4 is 11.6 Å². The van der Waals surface area contributed by atoms with Crippen LogP contribution in [-0.2, 0) is 11.2 Å². The van der Waals surface area contributed by atoms with Gasteiger partial charge in [0.1, 0.15) is 17.5 Å². The molecule has 3 aromatic rings. The zero-order valence-corrected chi connectivity index (χ0v) is 19.1. The molecule has 0 radical (unpaired) electrons. The lowest BCUT2D eigenvalue weighted by atomic mass is 9.85. The van der Waals surface area contributed by atoms with Gasteiger partial charge in [0.15, 0.2) is 0 Å². The van der Waals surface area contributed by atoms with E-state index in [4.69, 9.17) is 5.73 Å². The number of aromatic nitrogens is 1. The van der Waals surface area contributed by atoms with Gasteiger partial charge in [0.2, 0.25) is 5.91 Å². The molecule has 1 unspecified atom stereocenters. The molecule has 0 saturated carbocycles. The fraction of sp³-hybridized carbons (Fsp3) is 0.308. The van der Waals surface area contributed by atoms with E-state index in [1.165, 1.54) is 54.7 Å². The predicted octanol–water partition coefficient (Wildman–Crippen LogP) is 3.09. The van der Waals surface area contributed by atoms with Crippen molar-refractivity contribution in [2.45, 2.75) is 30.8 Å². The van der Waals surface area contributed by atoms with Crippen LogP contribution >= 0.6 is 0 Å². The second-order valence-electron chi connectivity index (χ2n) is 8.64. The number of carbonyl (C=O) groups is 1. The van der Waals surface area contributed by atoms with E-state index < -0.39 is 35.3 Å².